The van der Waals surface area contributed by atoms with Crippen LogP contribution >= 0.6 is 27.7 Å². The number of carbonyl (C=O) groups is 1. The number of carbonyl (C=O) groups excluding carboxylic acids is 1. The number of ether oxygens (including phenoxy) is 2. The van der Waals surface area contributed by atoms with Gasteiger partial charge in [0.15, 0.2) is 16.7 Å². The van der Waals surface area contributed by atoms with Crippen LogP contribution < -0.4 is 9.47 Å². The molecule has 1 heterocycles. The molecule has 6 nitrogen and oxygen atoms in total. The molecule has 0 radical (unpaired) electrons. The number of amidine groups is 1. The molecule has 1 aliphatic rings. The first-order valence-electron chi connectivity index (χ1n) is 11.1. The molecule has 0 atom stereocenters. The van der Waals surface area contributed by atoms with Crippen molar-refractivity contribution in [2.75, 3.05) is 6.61 Å². The number of aliphatic imine (C=N–C) groups is 1. The summed E-state index contributed by atoms with van der Waals surface area (Å²) in [6.07, 6.45) is 1.85. The molecule has 2 aromatic rings. The van der Waals surface area contributed by atoms with Gasteiger partial charge in [-0.3, -0.25) is 14.7 Å². The lowest BCUT2D eigenvalue weighted by atomic mass is 10.1. The summed E-state index contributed by atoms with van der Waals surface area (Å²) in [6.45, 7) is 10.6. The summed E-state index contributed by atoms with van der Waals surface area (Å²) in [7, 11) is 0. The Morgan fingerprint density at radius 2 is 1.94 bits per heavy atom. The highest BCUT2D eigenvalue weighted by molar-refractivity contribution is 9.10. The van der Waals surface area contributed by atoms with E-state index in [2.05, 4.69) is 27.0 Å². The van der Waals surface area contributed by atoms with E-state index in [0.717, 1.165) is 16.3 Å². The van der Waals surface area contributed by atoms with E-state index in [-0.39, 0.29) is 24.6 Å². The normalized spacial score (nSPS) is 16.1. The number of nitriles is 1. The van der Waals surface area contributed by atoms with Crippen LogP contribution in [-0.4, -0.2) is 34.7 Å². The maximum absolute atomic E-state index is 13.1. The topological polar surface area (TPSA) is 74.9 Å². The maximum Gasteiger partial charge on any atom is 0.266 e. The van der Waals surface area contributed by atoms with Crippen LogP contribution in [0.15, 0.2) is 50.8 Å². The molecule has 8 heteroatoms. The van der Waals surface area contributed by atoms with Gasteiger partial charge < -0.3 is 9.47 Å². The van der Waals surface area contributed by atoms with Crippen LogP contribution in [0.3, 0.4) is 0 Å². The second-order valence-electron chi connectivity index (χ2n) is 8.21. The molecule has 0 bridgehead atoms. The van der Waals surface area contributed by atoms with E-state index in [1.807, 2.05) is 71.0 Å². The molecular weight excluding hydrogens is 514 g/mol. The summed E-state index contributed by atoms with van der Waals surface area (Å²) in [6, 6.07) is 13.4. The summed E-state index contributed by atoms with van der Waals surface area (Å²) in [5.41, 5.74) is 2.18. The van der Waals surface area contributed by atoms with Gasteiger partial charge in [0, 0.05) is 17.6 Å². The number of nitrogens with zero attached hydrogens (tertiary/aromatic N) is 3. The summed E-state index contributed by atoms with van der Waals surface area (Å²) in [4.78, 5) is 20.1. The largest absolute Gasteiger partial charge is 0.490 e. The maximum atomic E-state index is 13.1. The van der Waals surface area contributed by atoms with Crippen LogP contribution in [-0.2, 0) is 11.4 Å². The number of hydrogen-bond donors (Lipinski definition) is 0. The number of halogens is 1. The Balaban J connectivity index is 1.93. The average Bonchev–Trinajstić information content (AvgIpc) is 3.07. The lowest BCUT2D eigenvalue weighted by Crippen LogP contribution is -2.35. The van der Waals surface area contributed by atoms with E-state index < -0.39 is 0 Å². The van der Waals surface area contributed by atoms with Crippen molar-refractivity contribution in [2.45, 2.75) is 53.3 Å². The van der Waals surface area contributed by atoms with E-state index in [1.165, 1.54) is 11.8 Å². The van der Waals surface area contributed by atoms with E-state index in [9.17, 15) is 10.1 Å². The first-order chi connectivity index (χ1) is 16.2. The van der Waals surface area contributed by atoms with Crippen LogP contribution in [0.1, 0.15) is 51.3 Å². The molecule has 0 aromatic heterocycles. The number of thioether (sulfide) groups is 1. The van der Waals surface area contributed by atoms with E-state index in [0.29, 0.717) is 33.0 Å². The second kappa shape index (κ2) is 11.6. The van der Waals surface area contributed by atoms with Crippen molar-refractivity contribution in [3.63, 3.8) is 0 Å². The Morgan fingerprint density at radius 3 is 2.59 bits per heavy atom. The predicted molar refractivity (Wildman–Crippen MR) is 141 cm³/mol. The summed E-state index contributed by atoms with van der Waals surface area (Å²) >= 11 is 4.98. The van der Waals surface area contributed by atoms with Gasteiger partial charge in [0.2, 0.25) is 0 Å². The molecule has 0 spiro atoms. The van der Waals surface area contributed by atoms with Crippen molar-refractivity contribution in [1.82, 2.24) is 4.90 Å². The van der Waals surface area contributed by atoms with Crippen molar-refractivity contribution in [2.24, 2.45) is 4.99 Å². The zero-order valence-electron chi connectivity index (χ0n) is 20.0. The lowest BCUT2D eigenvalue weighted by molar-refractivity contribution is -0.123. The molecule has 0 N–H and O–H groups in total. The smallest absolute Gasteiger partial charge is 0.266 e. The Bertz CT molecular complexity index is 1170. The van der Waals surface area contributed by atoms with Gasteiger partial charge in [-0.15, -0.1) is 0 Å². The molecule has 178 valence electrons. The molecule has 3 rings (SSSR count). The van der Waals surface area contributed by atoms with Gasteiger partial charge in [-0.1, -0.05) is 18.2 Å². The standard InChI is InChI=1S/C26H28BrN3O3S/c1-6-32-22-12-18(13-23-25(31)30(17(4)5)26(34-23)29-16(2)3)11-21(27)24(22)33-15-20-10-8-7-9-19(20)14-28/h7-13,16-17H,6,15H2,1-5H3/b23-13+,29-26?. The van der Waals surface area contributed by atoms with Crippen LogP contribution in [0.25, 0.3) is 6.08 Å². The quantitative estimate of drug-likeness (QED) is 0.362. The van der Waals surface area contributed by atoms with Gasteiger partial charge in [-0.05, 0) is 92.1 Å². The van der Waals surface area contributed by atoms with Crippen molar-refractivity contribution >= 4 is 44.8 Å². The van der Waals surface area contributed by atoms with Gasteiger partial charge in [0.1, 0.15) is 6.61 Å². The minimum absolute atomic E-state index is 0.0150. The first kappa shape index (κ1) is 25.9. The average molecular weight is 542 g/mol. The van der Waals surface area contributed by atoms with Crippen LogP contribution in [0.2, 0.25) is 0 Å². The van der Waals surface area contributed by atoms with Crippen LogP contribution in [0.5, 0.6) is 11.5 Å². The van der Waals surface area contributed by atoms with Gasteiger partial charge in [0.25, 0.3) is 5.91 Å². The molecule has 0 unspecified atom stereocenters. The van der Waals surface area contributed by atoms with Gasteiger partial charge >= 0.3 is 0 Å². The number of hydrogen-bond acceptors (Lipinski definition) is 6. The molecular formula is C26H28BrN3O3S. The predicted octanol–water partition coefficient (Wildman–Crippen LogP) is 6.39. The van der Waals surface area contributed by atoms with Crippen molar-refractivity contribution in [3.8, 4) is 17.6 Å². The molecule has 0 saturated carbocycles. The van der Waals surface area contributed by atoms with Gasteiger partial charge in [-0.2, -0.15) is 5.26 Å². The molecule has 1 saturated heterocycles. The number of rotatable bonds is 8. The van der Waals surface area contributed by atoms with E-state index in [4.69, 9.17) is 9.47 Å². The SMILES string of the molecule is CCOc1cc(/C=C2/SC(=NC(C)C)N(C(C)C)C2=O)cc(Br)c1OCc1ccccc1C#N. The molecule has 0 aliphatic carbocycles. The summed E-state index contributed by atoms with van der Waals surface area (Å²) in [5, 5.41) is 10.1. The van der Waals surface area contributed by atoms with E-state index >= 15 is 0 Å². The minimum atomic E-state index is -0.0538. The highest BCUT2D eigenvalue weighted by atomic mass is 79.9. The van der Waals surface area contributed by atoms with Gasteiger partial charge in [-0.25, -0.2) is 0 Å². The van der Waals surface area contributed by atoms with Crippen molar-refractivity contribution in [3.05, 3.63) is 62.5 Å². The molecule has 1 fully saturated rings. The summed E-state index contributed by atoms with van der Waals surface area (Å²) < 4.78 is 12.6. The van der Waals surface area contributed by atoms with Gasteiger partial charge in [0.05, 0.1) is 27.6 Å². The highest BCUT2D eigenvalue weighted by Gasteiger charge is 2.35. The Labute approximate surface area is 213 Å². The Morgan fingerprint density at radius 1 is 1.21 bits per heavy atom. The minimum Gasteiger partial charge on any atom is -0.490 e. The number of amides is 1. The molecule has 1 aliphatic heterocycles. The Kier molecular flexibility index (Phi) is 8.81. The molecule has 1 amide bonds. The fraction of sp³-hybridized carbons (Fsp3) is 0.346. The first-order valence-corrected chi connectivity index (χ1v) is 12.7. The second-order valence-corrected chi connectivity index (χ2v) is 10.1. The Hall–Kier alpha value is -2.76. The van der Waals surface area contributed by atoms with Crippen molar-refractivity contribution < 1.29 is 14.3 Å². The zero-order valence-corrected chi connectivity index (χ0v) is 22.4. The van der Waals surface area contributed by atoms with Crippen molar-refractivity contribution in [1.29, 1.82) is 5.26 Å². The van der Waals surface area contributed by atoms with Crippen LogP contribution in [0.4, 0.5) is 0 Å². The lowest BCUT2D eigenvalue weighted by Gasteiger charge is -2.20. The zero-order chi connectivity index (χ0) is 24.8. The van der Waals surface area contributed by atoms with Crippen LogP contribution in [0, 0.1) is 11.3 Å². The third-order valence-electron chi connectivity index (χ3n) is 4.86. The fourth-order valence-electron chi connectivity index (χ4n) is 3.38. The van der Waals surface area contributed by atoms with E-state index in [1.54, 1.807) is 11.0 Å². The third-order valence-corrected chi connectivity index (χ3v) is 6.45. The number of benzene rings is 2. The highest BCUT2D eigenvalue weighted by Crippen LogP contribution is 2.40. The monoisotopic (exact) mass is 541 g/mol. The molecule has 2 aromatic carbocycles. The fourth-order valence-corrected chi connectivity index (χ4v) is 5.19. The summed E-state index contributed by atoms with van der Waals surface area (Å²) in [5.74, 6) is 1.06. The molecule has 34 heavy (non-hydrogen) atoms. The third kappa shape index (κ3) is 6.02.